The van der Waals surface area contributed by atoms with Crippen LogP contribution in [0.15, 0.2) is 137 Å². The van der Waals surface area contributed by atoms with Gasteiger partial charge >= 0.3 is 0 Å². The van der Waals surface area contributed by atoms with E-state index in [9.17, 15) is 0 Å². The summed E-state index contributed by atoms with van der Waals surface area (Å²) in [5.74, 6) is 0. The van der Waals surface area contributed by atoms with Crippen LogP contribution in [0.1, 0.15) is 23.2 Å². The summed E-state index contributed by atoms with van der Waals surface area (Å²) in [6.45, 7) is 0. The summed E-state index contributed by atoms with van der Waals surface area (Å²) in [6, 6.07) is 45.2. The Morgan fingerprint density at radius 1 is 0.459 bits per heavy atom. The lowest BCUT2D eigenvalue weighted by molar-refractivity contribution is 0.541. The molecule has 0 bridgehead atoms. The number of fused-ring (bicyclic) bond motifs is 8. The van der Waals surface area contributed by atoms with Gasteiger partial charge in [0.25, 0.3) is 0 Å². The molecule has 0 saturated carbocycles. The first-order chi connectivity index (χ1) is 18.4. The van der Waals surface area contributed by atoms with Crippen molar-refractivity contribution in [1.82, 2.24) is 0 Å². The van der Waals surface area contributed by atoms with Crippen LogP contribution in [-0.2, 0) is 0 Å². The molecular weight excluding hydrogens is 450 g/mol. The quantitative estimate of drug-likeness (QED) is 0.227. The molecule has 0 saturated heterocycles. The maximum atomic E-state index is 5.30. The summed E-state index contributed by atoms with van der Waals surface area (Å²) in [5.41, 5.74) is 5.90. The summed E-state index contributed by atoms with van der Waals surface area (Å²) >= 11 is 0. The van der Waals surface area contributed by atoms with Crippen molar-refractivity contribution in [1.29, 1.82) is 0 Å². The Morgan fingerprint density at radius 3 is 1.43 bits per heavy atom. The van der Waals surface area contributed by atoms with Gasteiger partial charge < -0.3 is 4.90 Å². The minimum absolute atomic E-state index is 0.0986. The average Bonchev–Trinajstić information content (AvgIpc) is 3.07. The molecule has 3 nitrogen and oxygen atoms in total. The molecule has 0 aliphatic carbocycles. The van der Waals surface area contributed by atoms with Crippen LogP contribution < -0.4 is 15.6 Å². The zero-order valence-corrected chi connectivity index (χ0v) is 20.1. The molecule has 2 atom stereocenters. The van der Waals surface area contributed by atoms with E-state index in [2.05, 4.69) is 120 Å². The second-order valence-corrected chi connectivity index (χ2v) is 9.76. The van der Waals surface area contributed by atoms with Crippen LogP contribution in [0.25, 0.3) is 21.5 Å². The normalized spacial score (nSPS) is 17.6. The average molecular weight is 474 g/mol. The van der Waals surface area contributed by atoms with Crippen molar-refractivity contribution < 1.29 is 0 Å². The Balaban J connectivity index is 1.54. The molecule has 8 rings (SSSR count). The fourth-order valence-electron chi connectivity index (χ4n) is 6.09. The van der Waals surface area contributed by atoms with Gasteiger partial charge in [0.15, 0.2) is 0 Å². The van der Waals surface area contributed by atoms with Crippen LogP contribution in [0, 0.1) is 0 Å². The van der Waals surface area contributed by atoms with Gasteiger partial charge in [-0.25, -0.2) is 0 Å². The first kappa shape index (κ1) is 20.4. The third-order valence-electron chi connectivity index (χ3n) is 7.70. The lowest BCUT2D eigenvalue weighted by atomic mass is 9.93. The summed E-state index contributed by atoms with van der Waals surface area (Å²) in [5, 5.41) is 6.84. The third-order valence-corrected chi connectivity index (χ3v) is 7.70. The van der Waals surface area contributed by atoms with E-state index in [1.54, 1.807) is 0 Å². The molecule has 0 N–H and O–H groups in total. The van der Waals surface area contributed by atoms with Crippen molar-refractivity contribution in [2.75, 3.05) is 4.90 Å². The minimum Gasteiger partial charge on any atom is -0.309 e. The summed E-state index contributed by atoms with van der Waals surface area (Å²) in [7, 11) is 0. The van der Waals surface area contributed by atoms with E-state index < -0.39 is 0 Å². The Hall–Kier alpha value is -4.76. The van der Waals surface area contributed by atoms with Crippen molar-refractivity contribution in [3.8, 4) is 0 Å². The number of benzene rings is 6. The number of anilines is 3. The Bertz CT molecular complexity index is 1840. The standard InChI is InChI=1S/C34H23N3/c1-3-13-24-22(11-1)21-23-12-2-4-14-25(23)34(24)37-30-19-9-5-15-26(30)32-33(27-16-6-10-20-31(27)37)36-29-18-8-7-17-28(29)35-32/h1-21,32-33H. The Labute approximate surface area is 214 Å². The zero-order valence-electron chi connectivity index (χ0n) is 20.1. The molecule has 0 amide bonds. The fraction of sp³-hybridized carbons (Fsp3) is 0.0588. The molecule has 2 unspecified atom stereocenters. The molecule has 6 aromatic rings. The number of para-hydroxylation sites is 4. The highest BCUT2D eigenvalue weighted by molar-refractivity contribution is 6.14. The van der Waals surface area contributed by atoms with E-state index in [1.807, 2.05) is 12.1 Å². The predicted molar refractivity (Wildman–Crippen MR) is 150 cm³/mol. The van der Waals surface area contributed by atoms with Gasteiger partial charge in [-0.2, -0.15) is 0 Å². The first-order valence-electron chi connectivity index (χ1n) is 12.8. The monoisotopic (exact) mass is 473 g/mol. The fourth-order valence-corrected chi connectivity index (χ4v) is 6.09. The minimum atomic E-state index is -0.0986. The molecule has 3 heteroatoms. The largest absolute Gasteiger partial charge is 0.309 e. The molecule has 2 heterocycles. The lowest BCUT2D eigenvalue weighted by Gasteiger charge is -2.30. The maximum Gasteiger partial charge on any atom is 0.104 e. The molecule has 0 radical (unpaired) electrons. The highest BCUT2D eigenvalue weighted by atomic mass is 15.2. The molecule has 2 aliphatic heterocycles. The van der Waals surface area contributed by atoms with Crippen molar-refractivity contribution >= 4 is 38.6 Å². The second kappa shape index (κ2) is 7.87. The van der Waals surface area contributed by atoms with Crippen LogP contribution in [0.4, 0.5) is 17.1 Å². The van der Waals surface area contributed by atoms with Gasteiger partial charge in [0.05, 0.1) is 27.8 Å². The van der Waals surface area contributed by atoms with E-state index in [0.717, 1.165) is 22.1 Å². The molecule has 174 valence electrons. The number of hydrogen-bond acceptors (Lipinski definition) is 3. The van der Waals surface area contributed by atoms with Gasteiger partial charge in [0, 0.05) is 21.9 Å². The van der Waals surface area contributed by atoms with E-state index in [-0.39, 0.29) is 12.1 Å². The topological polar surface area (TPSA) is 28.0 Å². The highest BCUT2D eigenvalue weighted by Gasteiger charge is 2.36. The van der Waals surface area contributed by atoms with E-state index in [1.165, 1.54) is 38.4 Å². The zero-order chi connectivity index (χ0) is 24.3. The molecule has 2 aliphatic rings. The van der Waals surface area contributed by atoms with Crippen LogP contribution in [0.3, 0.4) is 0 Å². The number of nitrogens with zero attached hydrogens (tertiary/aromatic N) is 3. The molecule has 6 aromatic carbocycles. The van der Waals surface area contributed by atoms with E-state index in [0.29, 0.717) is 0 Å². The van der Waals surface area contributed by atoms with Crippen molar-refractivity contribution in [3.63, 3.8) is 0 Å². The Morgan fingerprint density at radius 2 is 0.892 bits per heavy atom. The molecule has 37 heavy (non-hydrogen) atoms. The van der Waals surface area contributed by atoms with Crippen molar-refractivity contribution in [3.05, 3.63) is 149 Å². The smallest absolute Gasteiger partial charge is 0.104 e. The van der Waals surface area contributed by atoms with Gasteiger partial charge in [-0.05, 0) is 41.1 Å². The van der Waals surface area contributed by atoms with Gasteiger partial charge in [-0.15, -0.1) is 0 Å². The number of hydrogen-bond donors (Lipinski definition) is 0. The molecule has 0 fully saturated rings. The van der Waals surface area contributed by atoms with Crippen LogP contribution >= 0.6 is 0 Å². The third kappa shape index (κ3) is 3.01. The van der Waals surface area contributed by atoms with Crippen LogP contribution in [0.5, 0.6) is 0 Å². The summed E-state index contributed by atoms with van der Waals surface area (Å²) in [4.78, 5) is 13.1. The van der Waals surface area contributed by atoms with Crippen molar-refractivity contribution in [2.45, 2.75) is 12.1 Å². The Kier molecular flexibility index (Phi) is 4.35. The molecular formula is C34H23N3. The van der Waals surface area contributed by atoms with E-state index >= 15 is 0 Å². The summed E-state index contributed by atoms with van der Waals surface area (Å²) in [6.07, 6.45) is 0. The second-order valence-electron chi connectivity index (χ2n) is 9.76. The van der Waals surface area contributed by atoms with E-state index in [4.69, 9.17) is 9.98 Å². The van der Waals surface area contributed by atoms with Crippen LogP contribution in [0.2, 0.25) is 0 Å². The van der Waals surface area contributed by atoms with Gasteiger partial charge in [-0.1, -0.05) is 97.1 Å². The van der Waals surface area contributed by atoms with Crippen molar-refractivity contribution in [2.24, 2.45) is 9.98 Å². The molecule has 0 aromatic heterocycles. The molecule has 0 spiro atoms. The van der Waals surface area contributed by atoms with Gasteiger partial charge in [0.1, 0.15) is 12.1 Å². The first-order valence-corrected chi connectivity index (χ1v) is 12.8. The highest BCUT2D eigenvalue weighted by Crippen LogP contribution is 2.53. The van der Waals surface area contributed by atoms with Crippen LogP contribution in [-0.4, -0.2) is 0 Å². The SMILES string of the molecule is c1ccc2c(c1)C1N=c3ccccc3=NC1c1ccccc1N2c1c2ccccc2cc2ccccc12. The van der Waals surface area contributed by atoms with Gasteiger partial charge in [0.2, 0.25) is 0 Å². The van der Waals surface area contributed by atoms with Gasteiger partial charge in [-0.3, -0.25) is 9.98 Å². The predicted octanol–water partition coefficient (Wildman–Crippen LogP) is 7.51. The maximum absolute atomic E-state index is 5.30. The summed E-state index contributed by atoms with van der Waals surface area (Å²) < 4.78 is 0. The lowest BCUT2D eigenvalue weighted by Crippen LogP contribution is -2.32. The number of rotatable bonds is 1.